The summed E-state index contributed by atoms with van der Waals surface area (Å²) in [7, 11) is 8.37. The van der Waals surface area contributed by atoms with Crippen molar-refractivity contribution < 1.29 is 89.7 Å². The summed E-state index contributed by atoms with van der Waals surface area (Å²) in [5, 5.41) is 136. The van der Waals surface area contributed by atoms with E-state index < -0.39 is 69.0 Å². The Morgan fingerprint density at radius 2 is 0.333 bits per heavy atom. The summed E-state index contributed by atoms with van der Waals surface area (Å²) in [6, 6.07) is 25.3. The summed E-state index contributed by atoms with van der Waals surface area (Å²) in [5.74, 6) is -6.77. The molecule has 16 aromatic rings. The zero-order valence-corrected chi connectivity index (χ0v) is 48.4. The zero-order chi connectivity index (χ0) is 64.2. The van der Waals surface area contributed by atoms with Crippen molar-refractivity contribution in [2.24, 2.45) is 0 Å². The Balaban J connectivity index is 1.24. The molecule has 90 heavy (non-hydrogen) atoms. The van der Waals surface area contributed by atoms with E-state index in [0.717, 1.165) is 0 Å². The van der Waals surface area contributed by atoms with Gasteiger partial charge in [0, 0.05) is 138 Å². The van der Waals surface area contributed by atoms with E-state index in [9.17, 15) is 61.3 Å². The highest BCUT2D eigenvalue weighted by Crippen LogP contribution is 2.46. The van der Waals surface area contributed by atoms with Crippen LogP contribution in [-0.4, -0.2) is 134 Å². The number of nitrogens with zero attached hydrogens (tertiary/aromatic N) is 6. The molecule has 0 saturated heterocycles. The molecule has 456 valence electrons. The van der Waals surface area contributed by atoms with Gasteiger partial charge < -0.3 is 89.7 Å². The standard InChI is InChI=1S/C66H54N6O18/c1-85-49-19-43-44(20-50(49)86-2)68-26-32-8-14-38(62(80)56(32)74)40-16-10-34(58(76)64(40)82)28-70-47-23-53(89-5)54(90-6)24-48(47)72-30-36-12-18-42(66(84)60(36)78)41-17-11-35(59(77)65(41)83)29-71-46-22-52(88-4)51(87-3)21-45(46)69-27-33-9-15-39(63(81)57(33)75)37-13-7-31(25-67-43)55(73)61(37)79/h7-30,73-84H,1-6H3. The van der Waals surface area contributed by atoms with Gasteiger partial charge in [-0.25, -0.2) is 0 Å². The van der Waals surface area contributed by atoms with Crippen molar-refractivity contribution in [3.63, 3.8) is 0 Å². The number of fused-ring (bicyclic) bond motifs is 6. The van der Waals surface area contributed by atoms with Gasteiger partial charge in [0.15, 0.2) is 103 Å². The molecular formula is C66H54N6O18. The number of phenolic OH excluding ortho intramolecular Hbond substituents is 12. The summed E-state index contributed by atoms with van der Waals surface area (Å²) in [4.78, 5) is 27.1. The van der Waals surface area contributed by atoms with Gasteiger partial charge in [0.25, 0.3) is 0 Å². The Hall–Kier alpha value is -12.6. The van der Waals surface area contributed by atoms with Crippen molar-refractivity contribution in [2.75, 3.05) is 42.7 Å². The van der Waals surface area contributed by atoms with E-state index in [2.05, 4.69) is 29.9 Å². The summed E-state index contributed by atoms with van der Waals surface area (Å²) >= 11 is 0. The fraction of sp³-hybridized carbons (Fsp3) is 0.0909. The second-order valence-electron chi connectivity index (χ2n) is 19.5. The van der Waals surface area contributed by atoms with E-state index in [1.54, 1.807) is 0 Å². The van der Waals surface area contributed by atoms with Crippen LogP contribution in [0.15, 0.2) is 146 Å². The zero-order valence-electron chi connectivity index (χ0n) is 48.4. The third-order valence-electron chi connectivity index (χ3n) is 14.5. The molecule has 0 radical (unpaired) electrons. The third-order valence-corrected chi connectivity index (χ3v) is 14.5. The van der Waals surface area contributed by atoms with Crippen LogP contribution in [0.1, 0.15) is 0 Å². The van der Waals surface area contributed by atoms with Gasteiger partial charge in [-0.2, -0.15) is 0 Å². The van der Waals surface area contributed by atoms with Gasteiger partial charge in [-0.05, 0) is 72.8 Å². The van der Waals surface area contributed by atoms with Gasteiger partial charge in [-0.15, -0.1) is 0 Å². The highest BCUT2D eigenvalue weighted by molar-refractivity contribution is 6.02. The van der Waals surface area contributed by atoms with Crippen LogP contribution in [0, 0.1) is 0 Å². The van der Waals surface area contributed by atoms with Crippen molar-refractivity contribution in [1.29, 1.82) is 0 Å². The molecule has 0 fully saturated rings. The molecule has 0 aliphatic heterocycles. The summed E-state index contributed by atoms with van der Waals surface area (Å²) in [6.07, 6.45) is 7.27. The predicted octanol–water partition coefficient (Wildman–Crippen LogP) is 11.7. The second-order valence-corrected chi connectivity index (χ2v) is 19.5. The topological polar surface area (TPSA) is 375 Å². The number of methoxy groups -OCH3 is 6. The van der Waals surface area contributed by atoms with Crippen LogP contribution in [0.5, 0.6) is 103 Å². The maximum atomic E-state index is 11.4. The molecule has 0 spiro atoms. The number of benzene rings is 9. The second kappa shape index (κ2) is 25.2. The SMILES string of the molecule is COc1cc2ncc3ccc(c(O)c3O)c3ccc(cnc4cc(OC)c(OC)cc4ncc4ccc(c(O)c4O)c4ccc(cnc5cc(OC)c(OC)cc5ncc5ccc(c(O)c5O)c5ccc(cnc2cc1OC)c(O)c5O)c(O)c4O)c(O)c3O. The Bertz CT molecular complexity index is 4300. The van der Waals surface area contributed by atoms with Crippen LogP contribution in [-0.2, 0) is 0 Å². The van der Waals surface area contributed by atoms with E-state index >= 15 is 0 Å². The summed E-state index contributed by atoms with van der Waals surface area (Å²) in [5.41, 5.74) is 0.773. The molecule has 7 aromatic heterocycles. The van der Waals surface area contributed by atoms with Gasteiger partial charge >= 0.3 is 0 Å². The predicted molar refractivity (Wildman–Crippen MR) is 336 cm³/mol. The molecule has 0 amide bonds. The number of aromatic nitrogens is 6. The Kier molecular flexibility index (Phi) is 16.9. The molecule has 24 nitrogen and oxygen atoms in total. The minimum absolute atomic E-state index is 0.00699. The van der Waals surface area contributed by atoms with Gasteiger partial charge in [-0.1, -0.05) is 0 Å². The smallest absolute Gasteiger partial charge is 0.167 e. The first-order chi connectivity index (χ1) is 43.3. The lowest BCUT2D eigenvalue weighted by atomic mass is 10.1. The molecule has 0 aliphatic rings. The van der Waals surface area contributed by atoms with Gasteiger partial charge in [0.05, 0.1) is 75.8 Å². The number of hydrogen-bond donors (Lipinski definition) is 12. The van der Waals surface area contributed by atoms with Crippen LogP contribution < -0.4 is 28.4 Å². The Morgan fingerprint density at radius 3 is 0.456 bits per heavy atom. The minimum Gasteiger partial charge on any atom is -0.504 e. The number of rotatable bonds is 6. The first-order valence-electron chi connectivity index (χ1n) is 26.7. The molecular weight excluding hydrogens is 1160 g/mol. The average molecular weight is 1220 g/mol. The van der Waals surface area contributed by atoms with Crippen molar-refractivity contribution in [3.8, 4) is 103 Å². The molecule has 12 bridgehead atoms. The largest absolute Gasteiger partial charge is 0.504 e. The first kappa shape index (κ1) is 60.5. The summed E-state index contributed by atoms with van der Waals surface area (Å²) in [6.45, 7) is 0. The lowest BCUT2D eigenvalue weighted by Gasteiger charge is -2.08. The number of aromatic hydroxyl groups is 12. The van der Waals surface area contributed by atoms with Crippen molar-refractivity contribution in [3.05, 3.63) is 146 Å². The average Bonchev–Trinajstić information content (AvgIpc) is 0.911. The maximum absolute atomic E-state index is 11.4. The van der Waals surface area contributed by atoms with E-state index in [0.29, 0.717) is 0 Å². The lowest BCUT2D eigenvalue weighted by Crippen LogP contribution is -1.91. The van der Waals surface area contributed by atoms with Crippen LogP contribution in [0.2, 0.25) is 0 Å². The van der Waals surface area contributed by atoms with Crippen LogP contribution in [0.4, 0.5) is 0 Å². The fourth-order valence-electron chi connectivity index (χ4n) is 9.53. The van der Waals surface area contributed by atoms with Gasteiger partial charge in [0.1, 0.15) is 0 Å². The molecule has 0 unspecified atom stereocenters. The number of phenols is 12. The van der Waals surface area contributed by atoms with E-state index in [1.165, 1.54) is 189 Å². The molecule has 12 N–H and O–H groups in total. The van der Waals surface area contributed by atoms with E-state index in [4.69, 9.17) is 28.4 Å². The molecule has 7 heterocycles. The highest BCUT2D eigenvalue weighted by Gasteiger charge is 2.17. The third kappa shape index (κ3) is 11.4. The monoisotopic (exact) mass is 1220 g/mol. The maximum Gasteiger partial charge on any atom is 0.167 e. The van der Waals surface area contributed by atoms with Gasteiger partial charge in [0.2, 0.25) is 0 Å². The van der Waals surface area contributed by atoms with Crippen molar-refractivity contribution >= 4 is 97.7 Å². The number of ether oxygens (including phenoxy) is 6. The molecule has 0 saturated carbocycles. The van der Waals surface area contributed by atoms with Crippen molar-refractivity contribution in [1.82, 2.24) is 29.9 Å². The van der Waals surface area contributed by atoms with Crippen LogP contribution in [0.25, 0.3) is 97.7 Å². The quantitative estimate of drug-likeness (QED) is 0.0688. The molecule has 9 aromatic carbocycles. The first-order valence-corrected chi connectivity index (χ1v) is 26.7. The molecule has 16 rings (SSSR count). The van der Waals surface area contributed by atoms with Gasteiger partial charge in [-0.3, -0.25) is 29.9 Å². The van der Waals surface area contributed by atoms with Crippen LogP contribution >= 0.6 is 0 Å². The molecule has 0 aliphatic carbocycles. The fourth-order valence-corrected chi connectivity index (χ4v) is 9.53. The Labute approximate surface area is 508 Å². The van der Waals surface area contributed by atoms with E-state index in [1.807, 2.05) is 0 Å². The summed E-state index contributed by atoms with van der Waals surface area (Å²) < 4.78 is 33.1. The molecule has 24 heteroatoms. The molecule has 0 atom stereocenters. The normalized spacial score (nSPS) is 10.9. The lowest BCUT2D eigenvalue weighted by molar-refractivity contribution is 0.355. The van der Waals surface area contributed by atoms with Crippen LogP contribution in [0.3, 0.4) is 0 Å². The van der Waals surface area contributed by atoms with Crippen molar-refractivity contribution in [2.45, 2.75) is 0 Å². The van der Waals surface area contributed by atoms with E-state index in [-0.39, 0.29) is 132 Å². The minimum atomic E-state index is -0.693. The Morgan fingerprint density at radius 1 is 0.200 bits per heavy atom. The number of hydrogen-bond acceptors (Lipinski definition) is 24. The highest BCUT2D eigenvalue weighted by atomic mass is 16.5.